The van der Waals surface area contributed by atoms with Crippen LogP contribution in [0, 0.1) is 28.4 Å². The van der Waals surface area contributed by atoms with Gasteiger partial charge in [0.2, 0.25) is 0 Å². The van der Waals surface area contributed by atoms with Crippen molar-refractivity contribution in [3.8, 4) is 6.07 Å². The summed E-state index contributed by atoms with van der Waals surface area (Å²) in [6.45, 7) is 1.61. The molecule has 0 saturated heterocycles. The van der Waals surface area contributed by atoms with Crippen molar-refractivity contribution in [2.24, 2.45) is 5.10 Å². The molecule has 0 unspecified atom stereocenters. The van der Waals surface area contributed by atoms with E-state index in [1.807, 2.05) is 6.07 Å². The van der Waals surface area contributed by atoms with Crippen LogP contribution in [0.4, 0.5) is 10.9 Å². The Morgan fingerprint density at radius 2 is 2.36 bits per heavy atom. The molecule has 0 fully saturated rings. The van der Waals surface area contributed by atoms with Gasteiger partial charge in [0.1, 0.15) is 20.9 Å². The number of carbonyl (C=O) groups is 1. The summed E-state index contributed by atoms with van der Waals surface area (Å²) in [6, 6.07) is 4.44. The zero-order valence-electron chi connectivity index (χ0n) is 11.2. The van der Waals surface area contributed by atoms with Gasteiger partial charge in [-0.25, -0.2) is 5.43 Å². The van der Waals surface area contributed by atoms with Gasteiger partial charge < -0.3 is 10.2 Å². The first-order chi connectivity index (χ1) is 10.4. The van der Waals surface area contributed by atoms with Crippen LogP contribution in [0.15, 0.2) is 21.7 Å². The van der Waals surface area contributed by atoms with Crippen LogP contribution in [-0.4, -0.2) is 17.0 Å². The molecule has 2 heterocycles. The third-order valence-electron chi connectivity index (χ3n) is 2.64. The summed E-state index contributed by atoms with van der Waals surface area (Å²) in [7, 11) is 0. The van der Waals surface area contributed by atoms with Gasteiger partial charge in [0.25, 0.3) is 5.91 Å². The molecule has 0 aliphatic carbocycles. The zero-order valence-corrected chi connectivity index (χ0v) is 12.0. The lowest BCUT2D eigenvalue weighted by molar-refractivity contribution is -0.402. The van der Waals surface area contributed by atoms with Crippen LogP contribution in [0.25, 0.3) is 0 Å². The molecule has 0 aliphatic rings. The topological polar surface area (TPSA) is 148 Å². The molecule has 1 amide bonds. The smallest absolute Gasteiger partial charge is 0.400 e. The van der Waals surface area contributed by atoms with Gasteiger partial charge in [0.05, 0.1) is 17.8 Å². The molecule has 0 spiro atoms. The number of hydrogen-bond donors (Lipinski definition) is 2. The number of thiophene rings is 1. The number of carbonyl (C=O) groups excluding carboxylic acids is 1. The highest BCUT2D eigenvalue weighted by molar-refractivity contribution is 7.18. The second-order valence-corrected chi connectivity index (χ2v) is 5.09. The Hall–Kier alpha value is -3.19. The maximum absolute atomic E-state index is 11.9. The SMILES string of the molecule is Cc1c(C(=O)N/N=C/c2ccc([N+](=O)[O-])o2)sc(N)c1C#N. The van der Waals surface area contributed by atoms with Gasteiger partial charge >= 0.3 is 5.88 Å². The highest BCUT2D eigenvalue weighted by Gasteiger charge is 2.18. The Balaban J connectivity index is 2.08. The van der Waals surface area contributed by atoms with Crippen molar-refractivity contribution in [1.29, 1.82) is 5.26 Å². The fourth-order valence-corrected chi connectivity index (χ4v) is 2.52. The van der Waals surface area contributed by atoms with Gasteiger partial charge in [-0.3, -0.25) is 14.9 Å². The summed E-state index contributed by atoms with van der Waals surface area (Å²) in [4.78, 5) is 22.0. The van der Waals surface area contributed by atoms with Crippen LogP contribution >= 0.6 is 11.3 Å². The van der Waals surface area contributed by atoms with Gasteiger partial charge in [-0.1, -0.05) is 0 Å². The summed E-state index contributed by atoms with van der Waals surface area (Å²) < 4.78 is 4.84. The van der Waals surface area contributed by atoms with Crippen molar-refractivity contribution in [2.75, 3.05) is 5.73 Å². The summed E-state index contributed by atoms with van der Waals surface area (Å²) in [5.41, 5.74) is 8.62. The zero-order chi connectivity index (χ0) is 16.3. The monoisotopic (exact) mass is 319 g/mol. The summed E-state index contributed by atoms with van der Waals surface area (Å²) >= 11 is 0.985. The van der Waals surface area contributed by atoms with Crippen LogP contribution < -0.4 is 11.2 Å². The molecule has 0 radical (unpaired) electrons. The molecule has 2 aromatic heterocycles. The highest BCUT2D eigenvalue weighted by Crippen LogP contribution is 2.29. The van der Waals surface area contributed by atoms with Crippen LogP contribution in [-0.2, 0) is 0 Å². The van der Waals surface area contributed by atoms with Crippen molar-refractivity contribution in [1.82, 2.24) is 5.43 Å². The minimum Gasteiger partial charge on any atom is -0.400 e. The number of nitro groups is 1. The number of rotatable bonds is 4. The second-order valence-electron chi connectivity index (χ2n) is 4.04. The quantitative estimate of drug-likeness (QED) is 0.498. The normalized spacial score (nSPS) is 10.5. The van der Waals surface area contributed by atoms with E-state index in [1.54, 1.807) is 6.92 Å². The van der Waals surface area contributed by atoms with Crippen molar-refractivity contribution in [2.45, 2.75) is 6.92 Å². The fourth-order valence-electron chi connectivity index (χ4n) is 1.61. The molecule has 2 rings (SSSR count). The van der Waals surface area contributed by atoms with E-state index in [9.17, 15) is 14.9 Å². The maximum atomic E-state index is 11.9. The van der Waals surface area contributed by atoms with Crippen LogP contribution in [0.3, 0.4) is 0 Å². The van der Waals surface area contributed by atoms with E-state index in [0.717, 1.165) is 17.6 Å². The molecule has 0 aromatic carbocycles. The molecule has 3 N–H and O–H groups in total. The van der Waals surface area contributed by atoms with E-state index in [-0.39, 0.29) is 21.2 Å². The highest BCUT2D eigenvalue weighted by atomic mass is 32.1. The van der Waals surface area contributed by atoms with Gasteiger partial charge in [-0.15, -0.1) is 11.3 Å². The van der Waals surface area contributed by atoms with Crippen LogP contribution in [0.5, 0.6) is 0 Å². The fraction of sp³-hybridized carbons (Fsp3) is 0.0833. The van der Waals surface area contributed by atoms with Crippen LogP contribution in [0.1, 0.15) is 26.6 Å². The van der Waals surface area contributed by atoms with Gasteiger partial charge in [0.15, 0.2) is 5.76 Å². The predicted octanol–water partition coefficient (Wildman–Crippen LogP) is 1.78. The molecule has 2 aromatic rings. The number of amides is 1. The third kappa shape index (κ3) is 2.94. The van der Waals surface area contributed by atoms with E-state index in [0.29, 0.717) is 5.56 Å². The van der Waals surface area contributed by atoms with E-state index in [2.05, 4.69) is 10.5 Å². The number of hydrazone groups is 1. The van der Waals surface area contributed by atoms with Crippen molar-refractivity contribution in [3.63, 3.8) is 0 Å². The third-order valence-corrected chi connectivity index (χ3v) is 3.76. The van der Waals surface area contributed by atoms with Crippen LogP contribution in [0.2, 0.25) is 0 Å². The first-order valence-electron chi connectivity index (χ1n) is 5.80. The van der Waals surface area contributed by atoms with Crippen molar-refractivity contribution in [3.05, 3.63) is 44.0 Å². The lowest BCUT2D eigenvalue weighted by Crippen LogP contribution is -2.17. The Labute approximate surface area is 127 Å². The Morgan fingerprint density at radius 1 is 1.64 bits per heavy atom. The molecule has 112 valence electrons. The van der Waals surface area contributed by atoms with E-state index >= 15 is 0 Å². The second kappa shape index (κ2) is 6.06. The van der Waals surface area contributed by atoms with Gasteiger partial charge in [-0.2, -0.15) is 10.4 Å². The van der Waals surface area contributed by atoms with E-state index in [1.165, 1.54) is 12.1 Å². The summed E-state index contributed by atoms with van der Waals surface area (Å²) in [6.07, 6.45) is 1.13. The molecule has 0 atom stereocenters. The number of anilines is 1. The number of nitriles is 1. The number of nitrogen functional groups attached to an aromatic ring is 1. The molecular formula is C12H9N5O4S. The predicted molar refractivity (Wildman–Crippen MR) is 78.6 cm³/mol. The Bertz CT molecular complexity index is 814. The van der Waals surface area contributed by atoms with Gasteiger partial charge in [0, 0.05) is 0 Å². The lowest BCUT2D eigenvalue weighted by Gasteiger charge is -1.97. The van der Waals surface area contributed by atoms with E-state index in [4.69, 9.17) is 15.4 Å². The molecule has 9 nitrogen and oxygen atoms in total. The Morgan fingerprint density at radius 3 is 2.91 bits per heavy atom. The number of nitrogens with one attached hydrogen (secondary N) is 1. The largest absolute Gasteiger partial charge is 0.433 e. The lowest BCUT2D eigenvalue weighted by atomic mass is 10.2. The minimum atomic E-state index is -0.683. The standard InChI is InChI=1S/C12H9N5O4S/c1-6-8(4-13)11(14)22-10(6)12(18)16-15-5-7-2-3-9(21-7)17(19)20/h2-3,5H,14H2,1H3,(H,16,18)/b15-5+. The molecule has 0 aliphatic heterocycles. The molecule has 22 heavy (non-hydrogen) atoms. The number of furan rings is 1. The molecular weight excluding hydrogens is 310 g/mol. The van der Waals surface area contributed by atoms with Gasteiger partial charge in [-0.05, 0) is 18.6 Å². The van der Waals surface area contributed by atoms with Crippen molar-refractivity contribution < 1.29 is 14.1 Å². The average Bonchev–Trinajstić information content (AvgIpc) is 3.04. The minimum absolute atomic E-state index is 0.118. The number of hydrogen-bond acceptors (Lipinski definition) is 8. The number of nitrogens with zero attached hydrogens (tertiary/aromatic N) is 3. The van der Waals surface area contributed by atoms with Crippen molar-refractivity contribution >= 4 is 34.3 Å². The number of nitrogens with two attached hydrogens (primary N) is 1. The molecule has 0 bridgehead atoms. The average molecular weight is 319 g/mol. The summed E-state index contributed by atoms with van der Waals surface area (Å²) in [5, 5.41) is 23.3. The first-order valence-corrected chi connectivity index (χ1v) is 6.62. The summed E-state index contributed by atoms with van der Waals surface area (Å²) in [5.74, 6) is -0.839. The first kappa shape index (κ1) is 15.2. The van der Waals surface area contributed by atoms with E-state index < -0.39 is 16.7 Å². The Kier molecular flexibility index (Phi) is 4.19. The maximum Gasteiger partial charge on any atom is 0.433 e. The molecule has 0 saturated carbocycles. The molecule has 10 heteroatoms.